The highest BCUT2D eigenvalue weighted by Crippen LogP contribution is 2.22. The zero-order valence-corrected chi connectivity index (χ0v) is 21.6. The van der Waals surface area contributed by atoms with Crippen molar-refractivity contribution >= 4 is 10.1 Å². The SMILES string of the molecule is CCCCCCCCCCCCCC[C@H](OS(=O)(=O)c1ccc(C)cc1)[C@@H](O)[C@H](CO)N=[N+]=[N-]. The van der Waals surface area contributed by atoms with E-state index in [-0.39, 0.29) is 11.3 Å². The summed E-state index contributed by atoms with van der Waals surface area (Å²) in [6, 6.07) is 5.07. The van der Waals surface area contributed by atoms with Gasteiger partial charge in [0.15, 0.2) is 0 Å². The van der Waals surface area contributed by atoms with Crippen LogP contribution in [0.15, 0.2) is 34.3 Å². The second kappa shape index (κ2) is 17.7. The predicted molar refractivity (Wildman–Crippen MR) is 135 cm³/mol. The largest absolute Gasteiger partial charge is 0.396 e. The highest BCUT2D eigenvalue weighted by Gasteiger charge is 2.32. The lowest BCUT2D eigenvalue weighted by Gasteiger charge is -2.26. The minimum absolute atomic E-state index is 0.00525. The average molecular weight is 498 g/mol. The molecule has 0 saturated heterocycles. The maximum absolute atomic E-state index is 12.7. The van der Waals surface area contributed by atoms with Crippen molar-refractivity contribution in [3.05, 3.63) is 40.3 Å². The quantitative estimate of drug-likeness (QED) is 0.0728. The van der Waals surface area contributed by atoms with Gasteiger partial charge in [-0.15, -0.1) is 0 Å². The Balaban J connectivity index is 2.54. The van der Waals surface area contributed by atoms with Crippen LogP contribution in [-0.4, -0.2) is 43.5 Å². The molecule has 0 saturated carbocycles. The third kappa shape index (κ3) is 12.2. The molecule has 1 aromatic carbocycles. The van der Waals surface area contributed by atoms with E-state index in [1.165, 1.54) is 63.5 Å². The third-order valence-electron chi connectivity index (χ3n) is 6.06. The lowest BCUT2D eigenvalue weighted by atomic mass is 10.00. The van der Waals surface area contributed by atoms with E-state index in [1.807, 2.05) is 6.92 Å². The smallest absolute Gasteiger partial charge is 0.297 e. The molecule has 0 unspecified atom stereocenters. The first kappa shape index (κ1) is 30.4. The molecule has 8 nitrogen and oxygen atoms in total. The Morgan fingerprint density at radius 1 is 0.941 bits per heavy atom. The lowest BCUT2D eigenvalue weighted by molar-refractivity contribution is 0.00505. The molecule has 9 heteroatoms. The molecule has 0 aliphatic heterocycles. The van der Waals surface area contributed by atoms with Gasteiger partial charge in [0.2, 0.25) is 0 Å². The van der Waals surface area contributed by atoms with Crippen LogP contribution in [0, 0.1) is 6.92 Å². The lowest BCUT2D eigenvalue weighted by Crippen LogP contribution is -2.41. The number of aliphatic hydroxyl groups is 2. The Hall–Kier alpha value is -1.64. The third-order valence-corrected chi connectivity index (χ3v) is 7.41. The fraction of sp³-hybridized carbons (Fsp3) is 0.760. The number of aliphatic hydroxyl groups excluding tert-OH is 2. The van der Waals surface area contributed by atoms with E-state index in [0.717, 1.165) is 24.8 Å². The van der Waals surface area contributed by atoms with Crippen LogP contribution in [0.3, 0.4) is 0 Å². The van der Waals surface area contributed by atoms with Gasteiger partial charge in [-0.2, -0.15) is 8.42 Å². The molecule has 1 rings (SSSR count). The summed E-state index contributed by atoms with van der Waals surface area (Å²) >= 11 is 0. The number of azide groups is 1. The normalized spacial score (nSPS) is 14.4. The Kier molecular flexibility index (Phi) is 15.9. The molecule has 0 bridgehead atoms. The van der Waals surface area contributed by atoms with E-state index >= 15 is 0 Å². The van der Waals surface area contributed by atoms with Gasteiger partial charge in [-0.1, -0.05) is 107 Å². The first-order valence-corrected chi connectivity index (χ1v) is 14.1. The van der Waals surface area contributed by atoms with Gasteiger partial charge in [0.25, 0.3) is 10.1 Å². The number of hydrogen-bond acceptors (Lipinski definition) is 6. The Labute approximate surface area is 205 Å². The second-order valence-corrected chi connectivity index (χ2v) is 10.6. The molecule has 34 heavy (non-hydrogen) atoms. The van der Waals surface area contributed by atoms with Crippen LogP contribution in [0.1, 0.15) is 96.0 Å². The summed E-state index contributed by atoms with van der Waals surface area (Å²) in [5, 5.41) is 23.5. The molecule has 2 N–H and O–H groups in total. The monoisotopic (exact) mass is 497 g/mol. The van der Waals surface area contributed by atoms with Crippen molar-refractivity contribution in [3.63, 3.8) is 0 Å². The van der Waals surface area contributed by atoms with Gasteiger partial charge in [-0.25, -0.2) is 0 Å². The molecule has 0 aromatic heterocycles. The molecule has 0 spiro atoms. The van der Waals surface area contributed by atoms with Gasteiger partial charge < -0.3 is 10.2 Å². The van der Waals surface area contributed by atoms with Crippen molar-refractivity contribution in [3.8, 4) is 0 Å². The van der Waals surface area contributed by atoms with Crippen molar-refractivity contribution in [1.82, 2.24) is 0 Å². The van der Waals surface area contributed by atoms with Gasteiger partial charge in [-0.05, 0) is 31.0 Å². The van der Waals surface area contributed by atoms with Crippen LogP contribution < -0.4 is 0 Å². The van der Waals surface area contributed by atoms with Gasteiger partial charge >= 0.3 is 0 Å². The van der Waals surface area contributed by atoms with Crippen molar-refractivity contribution in [1.29, 1.82) is 0 Å². The zero-order chi connectivity index (χ0) is 25.2. The minimum atomic E-state index is -4.12. The highest BCUT2D eigenvalue weighted by molar-refractivity contribution is 7.86. The fourth-order valence-corrected chi connectivity index (χ4v) is 5.03. The first-order valence-electron chi connectivity index (χ1n) is 12.7. The summed E-state index contributed by atoms with van der Waals surface area (Å²) < 4.78 is 30.9. The molecule has 0 aliphatic carbocycles. The maximum Gasteiger partial charge on any atom is 0.297 e. The zero-order valence-electron chi connectivity index (χ0n) is 20.8. The first-order chi connectivity index (χ1) is 16.4. The van der Waals surface area contributed by atoms with Crippen LogP contribution in [0.2, 0.25) is 0 Å². The van der Waals surface area contributed by atoms with Crippen molar-refractivity contribution in [2.45, 2.75) is 120 Å². The van der Waals surface area contributed by atoms with Gasteiger partial charge in [-0.3, -0.25) is 4.18 Å². The molecule has 3 atom stereocenters. The molecule has 0 heterocycles. The number of unbranched alkanes of at least 4 members (excludes halogenated alkanes) is 11. The Morgan fingerprint density at radius 2 is 1.44 bits per heavy atom. The summed E-state index contributed by atoms with van der Waals surface area (Å²) in [6.07, 6.45) is 11.7. The summed E-state index contributed by atoms with van der Waals surface area (Å²) in [4.78, 5) is 2.64. The molecule has 0 radical (unpaired) electrons. The molecular formula is C25H43N3O5S. The van der Waals surface area contributed by atoms with Crippen LogP contribution in [-0.2, 0) is 14.3 Å². The fourth-order valence-electron chi connectivity index (χ4n) is 3.91. The highest BCUT2D eigenvalue weighted by atomic mass is 32.2. The summed E-state index contributed by atoms with van der Waals surface area (Å²) in [5.74, 6) is 0. The maximum atomic E-state index is 12.7. The standard InChI is InChI=1S/C25H43N3O5S/c1-3-4-5-6-7-8-9-10-11-12-13-14-15-24(25(30)23(20-29)27-28-26)33-34(31,32)22-18-16-21(2)17-19-22/h16-19,23-25,29-30H,3-15,20H2,1-2H3/t23-,24-,25-/m0/s1. The van der Waals surface area contributed by atoms with Gasteiger partial charge in [0, 0.05) is 4.91 Å². The predicted octanol–water partition coefficient (Wildman–Crippen LogP) is 6.19. The van der Waals surface area contributed by atoms with Crippen LogP contribution >= 0.6 is 0 Å². The second-order valence-electron chi connectivity index (χ2n) is 9.03. The summed E-state index contributed by atoms with van der Waals surface area (Å²) in [6.45, 7) is 3.47. The number of aryl methyl sites for hydroxylation is 1. The van der Waals surface area contributed by atoms with E-state index in [9.17, 15) is 18.6 Å². The number of rotatable bonds is 20. The Morgan fingerprint density at radius 3 is 1.91 bits per heavy atom. The number of nitrogens with zero attached hydrogens (tertiary/aromatic N) is 3. The van der Waals surface area contributed by atoms with E-state index in [0.29, 0.717) is 6.42 Å². The molecule has 194 valence electrons. The average Bonchev–Trinajstić information content (AvgIpc) is 2.82. The molecule has 1 aromatic rings. The van der Waals surface area contributed by atoms with Crippen molar-refractivity contribution in [2.75, 3.05) is 6.61 Å². The summed E-state index contributed by atoms with van der Waals surface area (Å²) in [5.41, 5.74) is 9.61. The number of hydrogen-bond donors (Lipinski definition) is 2. The van der Waals surface area contributed by atoms with E-state index in [4.69, 9.17) is 9.71 Å². The van der Waals surface area contributed by atoms with Crippen LogP contribution in [0.4, 0.5) is 0 Å². The van der Waals surface area contributed by atoms with E-state index < -0.39 is 35.0 Å². The molecule has 0 fully saturated rings. The van der Waals surface area contributed by atoms with Gasteiger partial charge in [0.05, 0.1) is 23.6 Å². The molecular weight excluding hydrogens is 454 g/mol. The summed E-state index contributed by atoms with van der Waals surface area (Å²) in [7, 11) is -4.12. The number of benzene rings is 1. The van der Waals surface area contributed by atoms with Crippen LogP contribution in [0.25, 0.3) is 10.4 Å². The van der Waals surface area contributed by atoms with Gasteiger partial charge in [0.1, 0.15) is 6.10 Å². The van der Waals surface area contributed by atoms with Crippen molar-refractivity contribution < 1.29 is 22.8 Å². The van der Waals surface area contributed by atoms with E-state index in [2.05, 4.69) is 16.9 Å². The minimum Gasteiger partial charge on any atom is -0.396 e. The molecule has 0 amide bonds. The Bertz CT molecular complexity index is 810. The van der Waals surface area contributed by atoms with Crippen molar-refractivity contribution in [2.24, 2.45) is 5.11 Å². The van der Waals surface area contributed by atoms with Crippen LogP contribution in [0.5, 0.6) is 0 Å². The molecule has 0 aliphatic rings. The van der Waals surface area contributed by atoms with E-state index in [1.54, 1.807) is 12.1 Å². The topological polar surface area (TPSA) is 133 Å².